The number of hydrogen-bond donors (Lipinski definition) is 1. The average molecular weight is 257 g/mol. The van der Waals surface area contributed by atoms with Crippen LogP contribution in [-0.2, 0) is 11.3 Å². The largest absolute Gasteiger partial charge is 0.481 e. The maximum absolute atomic E-state index is 10.8. The zero-order valence-corrected chi connectivity index (χ0v) is 9.63. The van der Waals surface area contributed by atoms with Gasteiger partial charge in [0.25, 0.3) is 0 Å². The summed E-state index contributed by atoms with van der Waals surface area (Å²) in [6.07, 6.45) is 1.41. The van der Waals surface area contributed by atoms with Crippen LogP contribution in [0.2, 0.25) is 5.22 Å². The first kappa shape index (κ1) is 11.6. The Morgan fingerprint density at radius 3 is 3.06 bits per heavy atom. The van der Waals surface area contributed by atoms with Crippen LogP contribution in [0, 0.1) is 5.92 Å². The first-order valence-corrected chi connectivity index (χ1v) is 5.19. The highest BCUT2D eigenvalue weighted by atomic mass is 35.5. The molecule has 0 amide bonds. The molecule has 0 bridgehead atoms. The lowest BCUT2D eigenvalue weighted by molar-refractivity contribution is -0.141. The van der Waals surface area contributed by atoms with Gasteiger partial charge in [0, 0.05) is 0 Å². The normalized spacial score (nSPS) is 12.6. The van der Waals surface area contributed by atoms with Gasteiger partial charge in [-0.15, -0.1) is 5.10 Å². The molecule has 0 aliphatic rings. The van der Waals surface area contributed by atoms with Crippen molar-refractivity contribution in [2.24, 2.45) is 5.92 Å². The summed E-state index contributed by atoms with van der Waals surface area (Å²) in [6.45, 7) is 1.74. The molecule has 7 nitrogen and oxygen atoms in total. The molecule has 17 heavy (non-hydrogen) atoms. The second-order valence-corrected chi connectivity index (χ2v) is 3.88. The van der Waals surface area contributed by atoms with E-state index in [4.69, 9.17) is 21.1 Å². The molecule has 1 N–H and O–H groups in total. The monoisotopic (exact) mass is 256 g/mol. The summed E-state index contributed by atoms with van der Waals surface area (Å²) in [5.41, 5.74) is 0.536. The number of halogens is 1. The fraction of sp³-hybridized carbons (Fsp3) is 0.333. The Balaban J connectivity index is 2.29. The van der Waals surface area contributed by atoms with Crippen molar-refractivity contribution >= 4 is 17.6 Å². The second-order valence-electron chi connectivity index (χ2n) is 3.53. The van der Waals surface area contributed by atoms with E-state index in [2.05, 4.69) is 15.5 Å². The maximum Gasteiger partial charge on any atom is 0.308 e. The van der Waals surface area contributed by atoms with Gasteiger partial charge in [-0.05, 0) is 28.1 Å². The van der Waals surface area contributed by atoms with Crippen molar-refractivity contribution in [1.29, 1.82) is 0 Å². The second kappa shape index (κ2) is 4.54. The standard InChI is InChI=1S/C9H9ClN4O3/c1-5(9(15)16)4-14-8(11-12-13-14)6-2-3-17-7(6)10/h2-3,5H,4H2,1H3,(H,15,16). The van der Waals surface area contributed by atoms with Crippen molar-refractivity contribution < 1.29 is 14.3 Å². The van der Waals surface area contributed by atoms with E-state index >= 15 is 0 Å². The van der Waals surface area contributed by atoms with E-state index in [9.17, 15) is 4.79 Å². The minimum Gasteiger partial charge on any atom is -0.481 e. The van der Waals surface area contributed by atoms with Gasteiger partial charge in [0.2, 0.25) is 5.22 Å². The van der Waals surface area contributed by atoms with Crippen molar-refractivity contribution in [2.75, 3.05) is 0 Å². The number of tetrazole rings is 1. The number of carboxylic acid groups (broad SMARTS) is 1. The van der Waals surface area contributed by atoms with Crippen LogP contribution in [0.4, 0.5) is 0 Å². The molecule has 0 saturated carbocycles. The van der Waals surface area contributed by atoms with Gasteiger partial charge in [0.05, 0.1) is 24.3 Å². The van der Waals surface area contributed by atoms with Crippen LogP contribution in [0.3, 0.4) is 0 Å². The molecule has 0 saturated heterocycles. The highest BCUT2D eigenvalue weighted by Crippen LogP contribution is 2.26. The van der Waals surface area contributed by atoms with Crippen LogP contribution in [0.1, 0.15) is 6.92 Å². The van der Waals surface area contributed by atoms with Crippen molar-refractivity contribution in [3.05, 3.63) is 17.5 Å². The van der Waals surface area contributed by atoms with Crippen LogP contribution in [0.5, 0.6) is 0 Å². The molecule has 90 valence electrons. The Bertz CT molecular complexity index is 536. The Kier molecular flexibility index (Phi) is 3.10. The topological polar surface area (TPSA) is 94.0 Å². The van der Waals surface area contributed by atoms with Crippen molar-refractivity contribution in [1.82, 2.24) is 20.2 Å². The number of hydrogen-bond acceptors (Lipinski definition) is 5. The van der Waals surface area contributed by atoms with Gasteiger partial charge in [-0.2, -0.15) is 0 Å². The van der Waals surface area contributed by atoms with Gasteiger partial charge in [-0.1, -0.05) is 6.92 Å². The number of carbonyl (C=O) groups is 1. The number of aliphatic carboxylic acids is 1. The highest BCUT2D eigenvalue weighted by molar-refractivity contribution is 6.31. The van der Waals surface area contributed by atoms with E-state index in [1.807, 2.05) is 0 Å². The fourth-order valence-corrected chi connectivity index (χ4v) is 1.51. The maximum atomic E-state index is 10.8. The van der Waals surface area contributed by atoms with E-state index in [0.717, 1.165) is 0 Å². The minimum absolute atomic E-state index is 0.166. The van der Waals surface area contributed by atoms with Crippen LogP contribution < -0.4 is 0 Å². The number of nitrogens with zero attached hydrogens (tertiary/aromatic N) is 4. The van der Waals surface area contributed by atoms with Crippen LogP contribution in [0.25, 0.3) is 11.4 Å². The predicted molar refractivity (Wildman–Crippen MR) is 57.3 cm³/mol. The summed E-state index contributed by atoms with van der Waals surface area (Å²) in [7, 11) is 0. The lowest BCUT2D eigenvalue weighted by Gasteiger charge is -2.06. The quantitative estimate of drug-likeness (QED) is 0.886. The summed E-state index contributed by atoms with van der Waals surface area (Å²) in [4.78, 5) is 10.8. The Labute approximate surface area is 101 Å². The van der Waals surface area contributed by atoms with Gasteiger partial charge in [0.15, 0.2) is 5.82 Å². The molecule has 0 spiro atoms. The minimum atomic E-state index is -0.912. The molecule has 1 unspecified atom stereocenters. The van der Waals surface area contributed by atoms with Gasteiger partial charge < -0.3 is 9.52 Å². The summed E-state index contributed by atoms with van der Waals surface area (Å²) < 4.78 is 6.32. The molecular weight excluding hydrogens is 248 g/mol. The third kappa shape index (κ3) is 2.28. The SMILES string of the molecule is CC(Cn1nnnc1-c1ccoc1Cl)C(=O)O. The molecule has 0 fully saturated rings. The average Bonchev–Trinajstić information content (AvgIpc) is 2.86. The van der Waals surface area contributed by atoms with E-state index in [1.54, 1.807) is 13.0 Å². The number of carboxylic acids is 1. The molecule has 2 rings (SSSR count). The number of aromatic nitrogens is 4. The first-order chi connectivity index (χ1) is 8.09. The molecule has 0 aliphatic carbocycles. The smallest absolute Gasteiger partial charge is 0.308 e. The van der Waals surface area contributed by atoms with Crippen LogP contribution in [-0.4, -0.2) is 31.3 Å². The van der Waals surface area contributed by atoms with E-state index in [0.29, 0.717) is 11.4 Å². The third-order valence-electron chi connectivity index (χ3n) is 2.26. The molecule has 2 aromatic heterocycles. The molecule has 0 aliphatic heterocycles. The lowest BCUT2D eigenvalue weighted by Crippen LogP contribution is -2.18. The number of furan rings is 1. The summed E-state index contributed by atoms with van der Waals surface area (Å²) >= 11 is 5.81. The fourth-order valence-electron chi connectivity index (χ4n) is 1.31. The van der Waals surface area contributed by atoms with Gasteiger partial charge in [-0.25, -0.2) is 4.68 Å². The highest BCUT2D eigenvalue weighted by Gasteiger charge is 2.19. The van der Waals surface area contributed by atoms with Crippen LogP contribution >= 0.6 is 11.6 Å². The molecule has 8 heteroatoms. The summed E-state index contributed by atoms with van der Waals surface area (Å²) in [6, 6.07) is 1.62. The predicted octanol–water partition coefficient (Wildman–Crippen LogP) is 1.31. The van der Waals surface area contributed by atoms with Gasteiger partial charge in [-0.3, -0.25) is 4.79 Å². The molecule has 1 atom stereocenters. The lowest BCUT2D eigenvalue weighted by atomic mass is 10.2. The molecule has 0 aromatic carbocycles. The van der Waals surface area contributed by atoms with Crippen molar-refractivity contribution in [3.63, 3.8) is 0 Å². The van der Waals surface area contributed by atoms with Crippen molar-refractivity contribution in [2.45, 2.75) is 13.5 Å². The first-order valence-electron chi connectivity index (χ1n) is 4.82. The van der Waals surface area contributed by atoms with Crippen LogP contribution in [0.15, 0.2) is 16.7 Å². The Hall–Kier alpha value is -1.89. The third-order valence-corrected chi connectivity index (χ3v) is 2.55. The molecular formula is C9H9ClN4O3. The Morgan fingerprint density at radius 2 is 2.47 bits per heavy atom. The molecule has 2 heterocycles. The van der Waals surface area contributed by atoms with E-state index in [-0.39, 0.29) is 11.8 Å². The summed E-state index contributed by atoms with van der Waals surface area (Å²) in [5.74, 6) is -1.12. The van der Waals surface area contributed by atoms with Gasteiger partial charge >= 0.3 is 5.97 Å². The van der Waals surface area contributed by atoms with E-state index in [1.165, 1.54) is 10.9 Å². The van der Waals surface area contributed by atoms with Crippen molar-refractivity contribution in [3.8, 4) is 11.4 Å². The zero-order chi connectivity index (χ0) is 12.4. The molecule has 0 radical (unpaired) electrons. The Morgan fingerprint density at radius 1 is 1.71 bits per heavy atom. The van der Waals surface area contributed by atoms with Gasteiger partial charge in [0.1, 0.15) is 0 Å². The molecule has 2 aromatic rings. The zero-order valence-electron chi connectivity index (χ0n) is 8.87. The number of rotatable bonds is 4. The van der Waals surface area contributed by atoms with E-state index < -0.39 is 11.9 Å². The summed E-state index contributed by atoms with van der Waals surface area (Å²) in [5, 5.41) is 20.0.